The summed E-state index contributed by atoms with van der Waals surface area (Å²) < 4.78 is 0.928. The number of H-pyrrole nitrogens is 2. The van der Waals surface area contributed by atoms with Gasteiger partial charge < -0.3 is 15.6 Å². The number of anilines is 3. The van der Waals surface area contributed by atoms with Crippen LogP contribution in [0.15, 0.2) is 64.0 Å². The molecule has 4 rings (SSSR count). The zero-order valence-electron chi connectivity index (χ0n) is 13.6. The molecule has 0 spiro atoms. The number of benzene rings is 2. The molecule has 0 unspecified atom stereocenters. The van der Waals surface area contributed by atoms with Crippen LogP contribution >= 0.6 is 15.9 Å². The molecule has 0 bridgehead atoms. The van der Waals surface area contributed by atoms with Crippen molar-refractivity contribution in [2.45, 2.75) is 6.54 Å². The van der Waals surface area contributed by atoms with Gasteiger partial charge in [0.1, 0.15) is 0 Å². The Bertz CT molecular complexity index is 1120. The average Bonchev–Trinajstić information content (AvgIpc) is 3.07. The highest BCUT2D eigenvalue weighted by atomic mass is 79.9. The van der Waals surface area contributed by atoms with Crippen LogP contribution in [0, 0.1) is 0 Å². The van der Waals surface area contributed by atoms with Crippen molar-refractivity contribution < 1.29 is 0 Å². The first-order chi connectivity index (χ1) is 12.7. The molecule has 8 heteroatoms. The lowest BCUT2D eigenvalue weighted by Gasteiger charge is -2.08. The third-order valence-corrected chi connectivity index (χ3v) is 4.30. The van der Waals surface area contributed by atoms with Crippen molar-refractivity contribution in [1.29, 1.82) is 0 Å². The van der Waals surface area contributed by atoms with Crippen molar-refractivity contribution in [1.82, 2.24) is 19.9 Å². The third kappa shape index (κ3) is 3.75. The molecule has 2 aromatic heterocycles. The van der Waals surface area contributed by atoms with Gasteiger partial charge in [0.2, 0.25) is 11.9 Å². The van der Waals surface area contributed by atoms with Gasteiger partial charge >= 0.3 is 5.69 Å². The van der Waals surface area contributed by atoms with Crippen LogP contribution in [0.5, 0.6) is 0 Å². The third-order valence-electron chi connectivity index (χ3n) is 3.81. The zero-order chi connectivity index (χ0) is 17.9. The second-order valence-electron chi connectivity index (χ2n) is 5.71. The summed E-state index contributed by atoms with van der Waals surface area (Å²) in [5, 5.41) is 7.31. The maximum absolute atomic E-state index is 11.8. The molecule has 0 saturated heterocycles. The summed E-state index contributed by atoms with van der Waals surface area (Å²) in [5.41, 5.74) is 2.45. The fraction of sp³-hybridized carbons (Fsp3) is 0.0556. The lowest BCUT2D eigenvalue weighted by atomic mass is 10.1. The maximum Gasteiger partial charge on any atom is 0.351 e. The van der Waals surface area contributed by atoms with E-state index in [0.717, 1.165) is 26.6 Å². The van der Waals surface area contributed by atoms with Crippen LogP contribution in [-0.2, 0) is 6.54 Å². The monoisotopic (exact) mass is 410 g/mol. The summed E-state index contributed by atoms with van der Waals surface area (Å²) in [6, 6.07) is 15.7. The molecular weight excluding hydrogens is 396 g/mol. The summed E-state index contributed by atoms with van der Waals surface area (Å²) in [5.74, 6) is 0.586. The van der Waals surface area contributed by atoms with Crippen LogP contribution in [0.3, 0.4) is 0 Å². The van der Waals surface area contributed by atoms with E-state index in [0.29, 0.717) is 12.5 Å². The summed E-state index contributed by atoms with van der Waals surface area (Å²) in [4.78, 5) is 25.8. The molecular formula is C18H15BrN6O. The van der Waals surface area contributed by atoms with E-state index in [1.807, 2.05) is 48.7 Å². The number of fused-ring (bicyclic) bond motifs is 1. The van der Waals surface area contributed by atoms with Gasteiger partial charge in [0.25, 0.3) is 0 Å². The van der Waals surface area contributed by atoms with Crippen molar-refractivity contribution >= 4 is 44.4 Å². The van der Waals surface area contributed by atoms with Crippen molar-refractivity contribution in [2.75, 3.05) is 10.6 Å². The molecule has 130 valence electrons. The number of hydrogen-bond acceptors (Lipinski definition) is 5. The number of rotatable bonds is 5. The molecule has 0 saturated carbocycles. The summed E-state index contributed by atoms with van der Waals surface area (Å²) in [6.45, 7) is 0.509. The van der Waals surface area contributed by atoms with Crippen molar-refractivity contribution in [3.63, 3.8) is 0 Å². The molecule has 7 nitrogen and oxygen atoms in total. The minimum Gasteiger partial charge on any atom is -0.361 e. The highest BCUT2D eigenvalue weighted by Gasteiger charge is 2.05. The second kappa shape index (κ2) is 7.01. The van der Waals surface area contributed by atoms with E-state index >= 15 is 0 Å². The van der Waals surface area contributed by atoms with E-state index in [9.17, 15) is 4.79 Å². The normalized spacial score (nSPS) is 10.8. The topological polar surface area (TPSA) is 98.5 Å². The van der Waals surface area contributed by atoms with E-state index in [1.165, 1.54) is 0 Å². The van der Waals surface area contributed by atoms with Crippen molar-refractivity contribution in [3.05, 3.63) is 75.2 Å². The van der Waals surface area contributed by atoms with Crippen molar-refractivity contribution in [2.24, 2.45) is 0 Å². The van der Waals surface area contributed by atoms with E-state index in [-0.39, 0.29) is 5.95 Å². The Hall–Kier alpha value is -3.13. The first-order valence-corrected chi connectivity index (χ1v) is 8.76. The summed E-state index contributed by atoms with van der Waals surface area (Å²) >= 11 is 3.41. The van der Waals surface area contributed by atoms with E-state index in [2.05, 4.69) is 52.6 Å². The van der Waals surface area contributed by atoms with Gasteiger partial charge in [-0.05, 0) is 41.3 Å². The molecule has 0 aliphatic carbocycles. The average molecular weight is 411 g/mol. The molecule has 2 aromatic carbocycles. The number of nitrogens with one attached hydrogen (secondary N) is 4. The van der Waals surface area contributed by atoms with Gasteiger partial charge in [-0.1, -0.05) is 34.1 Å². The van der Waals surface area contributed by atoms with E-state index in [1.54, 1.807) is 0 Å². The molecule has 0 fully saturated rings. The lowest BCUT2D eigenvalue weighted by molar-refractivity contribution is 0.967. The molecule has 0 radical (unpaired) electrons. The Kier molecular flexibility index (Phi) is 4.40. The summed E-state index contributed by atoms with van der Waals surface area (Å²) in [7, 11) is 0. The Morgan fingerprint density at radius 2 is 2.00 bits per heavy atom. The molecule has 26 heavy (non-hydrogen) atoms. The largest absolute Gasteiger partial charge is 0.361 e. The smallest absolute Gasteiger partial charge is 0.351 e. The minimum atomic E-state index is -0.472. The minimum absolute atomic E-state index is 0.262. The number of nitrogens with zero attached hydrogens (tertiary/aromatic N) is 2. The standard InChI is InChI=1S/C18H15BrN6O/c19-13-2-1-3-14(9-13)22-17-23-16(24-18(26)25-17)21-10-11-4-5-12-6-7-20-15(12)8-11/h1-9,20H,10H2,(H3,21,22,23,24,25,26). The predicted octanol–water partition coefficient (Wildman–Crippen LogP) is 3.76. The molecule has 0 aliphatic rings. The van der Waals surface area contributed by atoms with Gasteiger partial charge in [-0.15, -0.1) is 0 Å². The number of hydrogen-bond donors (Lipinski definition) is 4. The zero-order valence-corrected chi connectivity index (χ0v) is 15.2. The Balaban J connectivity index is 1.51. The quantitative estimate of drug-likeness (QED) is 0.401. The van der Waals surface area contributed by atoms with Crippen LogP contribution < -0.4 is 16.3 Å². The van der Waals surface area contributed by atoms with Crippen LogP contribution in [0.4, 0.5) is 17.6 Å². The van der Waals surface area contributed by atoms with Crippen LogP contribution in [0.25, 0.3) is 10.9 Å². The lowest BCUT2D eigenvalue weighted by Crippen LogP contribution is -2.17. The van der Waals surface area contributed by atoms with E-state index in [4.69, 9.17) is 0 Å². The molecule has 0 atom stereocenters. The predicted molar refractivity (Wildman–Crippen MR) is 106 cm³/mol. The van der Waals surface area contributed by atoms with Gasteiger partial charge in [-0.2, -0.15) is 9.97 Å². The first-order valence-electron chi connectivity index (χ1n) is 7.96. The molecule has 4 aromatic rings. The van der Waals surface area contributed by atoms with E-state index < -0.39 is 5.69 Å². The van der Waals surface area contributed by atoms with Crippen molar-refractivity contribution in [3.8, 4) is 0 Å². The summed E-state index contributed by atoms with van der Waals surface area (Å²) in [6.07, 6.45) is 1.90. The Labute approximate surface area is 157 Å². The molecule has 0 amide bonds. The highest BCUT2D eigenvalue weighted by Crippen LogP contribution is 2.18. The van der Waals surface area contributed by atoms with Gasteiger partial charge in [-0.3, -0.25) is 4.98 Å². The van der Waals surface area contributed by atoms with Crippen LogP contribution in [0.1, 0.15) is 5.56 Å². The second-order valence-corrected chi connectivity index (χ2v) is 6.63. The fourth-order valence-electron chi connectivity index (χ4n) is 2.61. The van der Waals surface area contributed by atoms with Crippen LogP contribution in [0.2, 0.25) is 0 Å². The van der Waals surface area contributed by atoms with Gasteiger partial charge in [0.15, 0.2) is 0 Å². The Morgan fingerprint density at radius 3 is 2.88 bits per heavy atom. The number of aromatic nitrogens is 4. The fourth-order valence-corrected chi connectivity index (χ4v) is 3.01. The number of aromatic amines is 2. The highest BCUT2D eigenvalue weighted by molar-refractivity contribution is 9.10. The molecule has 4 N–H and O–H groups in total. The SMILES string of the molecule is O=c1nc(NCc2ccc3cc[nH]c3c2)nc(Nc2cccc(Br)c2)[nH]1. The van der Waals surface area contributed by atoms with Crippen LogP contribution in [-0.4, -0.2) is 19.9 Å². The molecule has 0 aliphatic heterocycles. The van der Waals surface area contributed by atoms with Gasteiger partial charge in [0, 0.05) is 28.4 Å². The Morgan fingerprint density at radius 1 is 1.08 bits per heavy atom. The first kappa shape index (κ1) is 16.3. The van der Waals surface area contributed by atoms with Gasteiger partial charge in [-0.25, -0.2) is 4.79 Å². The number of halogens is 1. The van der Waals surface area contributed by atoms with Gasteiger partial charge in [0.05, 0.1) is 0 Å². The maximum atomic E-state index is 11.8. The molecule has 2 heterocycles.